The van der Waals surface area contributed by atoms with Crippen LogP contribution in [-0.2, 0) is 10.8 Å². The van der Waals surface area contributed by atoms with E-state index >= 15 is 0 Å². The number of unbranched alkanes of at least 4 members (excludes halogenated alkanes) is 36. The van der Waals surface area contributed by atoms with Crippen LogP contribution in [0.1, 0.15) is 329 Å². The van der Waals surface area contributed by atoms with Crippen molar-refractivity contribution in [1.82, 2.24) is 0 Å². The smallest absolute Gasteiger partial charge is 0.119 e. The normalized spacial score (nSPS) is 13.2. The second-order valence-corrected chi connectivity index (χ2v) is 33.2. The Balaban J connectivity index is 0.995. The van der Waals surface area contributed by atoms with Gasteiger partial charge in [-0.15, -0.1) is 22.7 Å². The van der Waals surface area contributed by atoms with Crippen molar-refractivity contribution in [3.8, 4) is 43.9 Å². The quantitative estimate of drug-likeness (QED) is 0.0356. The highest BCUT2D eigenvalue weighted by Gasteiger charge is 2.54. The molecule has 0 aliphatic heterocycles. The summed E-state index contributed by atoms with van der Waals surface area (Å²) in [7, 11) is 0. The fourth-order valence-electron chi connectivity index (χ4n) is 16.2. The SMILES string of the molecule is CCCCCCCCCCCCOc1ccc(C2(c3ccc(OCCCCCCCCCCCC)cc3)c3ccc(Br)cc3-c3sc4c5c(sc4c32)-c2ccc(Br)cc2C5(c2ccc(OCCCCCCCCCCCC)cc2)c2ccc(OCCCCCCCCCCCC)cc2)cc1. The van der Waals surface area contributed by atoms with Crippen molar-refractivity contribution in [2.75, 3.05) is 26.4 Å². The fourth-order valence-corrected chi connectivity index (χ4v) is 20.1. The van der Waals surface area contributed by atoms with Gasteiger partial charge in [-0.1, -0.05) is 351 Å². The summed E-state index contributed by atoms with van der Waals surface area (Å²) >= 11 is 12.1. The fraction of sp³-hybridized carbons (Fsp3) is 0.543. The predicted molar refractivity (Wildman–Crippen MR) is 439 cm³/mol. The average Bonchev–Trinajstić information content (AvgIpc) is 1.49. The van der Waals surface area contributed by atoms with Crippen molar-refractivity contribution < 1.29 is 18.9 Å². The Kier molecular flexibility index (Phi) is 32.8. The Morgan fingerprint density at radius 2 is 0.510 bits per heavy atom. The lowest BCUT2D eigenvalue weighted by Gasteiger charge is -2.34. The van der Waals surface area contributed by atoms with E-state index in [0.717, 1.165) is 84.1 Å². The number of benzene rings is 6. The van der Waals surface area contributed by atoms with Gasteiger partial charge in [0, 0.05) is 29.8 Å². The van der Waals surface area contributed by atoms with Crippen LogP contribution in [-0.4, -0.2) is 26.4 Å². The van der Waals surface area contributed by atoms with Gasteiger partial charge in [0.1, 0.15) is 23.0 Å². The number of thiophene rings is 2. The van der Waals surface area contributed by atoms with Crippen molar-refractivity contribution >= 4 is 63.9 Å². The largest absolute Gasteiger partial charge is 0.494 e. The molecule has 100 heavy (non-hydrogen) atoms. The highest BCUT2D eigenvalue weighted by molar-refractivity contribution is 9.10. The Morgan fingerprint density at radius 3 is 0.810 bits per heavy atom. The Morgan fingerprint density at radius 1 is 0.260 bits per heavy atom. The Bertz CT molecular complexity index is 3480. The van der Waals surface area contributed by atoms with E-state index in [4.69, 9.17) is 18.9 Å². The van der Waals surface area contributed by atoms with Gasteiger partial charge in [0.2, 0.25) is 0 Å². The first-order valence-corrected chi connectivity index (χ1v) is 43.7. The number of rotatable bonds is 52. The lowest BCUT2D eigenvalue weighted by Crippen LogP contribution is -2.29. The number of fused-ring (bicyclic) bond motifs is 9. The van der Waals surface area contributed by atoms with Crippen LogP contribution in [0.25, 0.3) is 30.3 Å². The van der Waals surface area contributed by atoms with E-state index in [1.807, 2.05) is 22.7 Å². The molecule has 2 heterocycles. The van der Waals surface area contributed by atoms with Crippen molar-refractivity contribution in [2.24, 2.45) is 0 Å². The monoisotopic (exact) mass is 1510 g/mol. The van der Waals surface area contributed by atoms with Gasteiger partial charge in [0.25, 0.3) is 0 Å². The van der Waals surface area contributed by atoms with E-state index in [-0.39, 0.29) is 0 Å². The number of hydrogen-bond acceptors (Lipinski definition) is 6. The molecular weight excluding hydrogens is 1390 g/mol. The predicted octanol–water partition coefficient (Wildman–Crippen LogP) is 30.4. The Labute approximate surface area is 630 Å². The first kappa shape index (κ1) is 77.7. The van der Waals surface area contributed by atoms with Crippen LogP contribution in [0.5, 0.6) is 23.0 Å². The third kappa shape index (κ3) is 20.3. The standard InChI is InChI=1S/C92H122Br2O4S2/c1-5-9-13-17-21-25-29-33-37-41-65-95-77-55-45-71(46-56-77)91(72-47-57-78(58-48-72)96-66-42-38-34-30-26-22-18-14-10-6-2)83-64-54-75(93)69-82(83)88-86(91)90-89(100-88)85-87(99-90)81-63-53-76(94)70-84(81)92(85,73-49-59-79(60-50-73)97-67-43-39-35-31-27-23-19-15-11-7-3)74-51-61-80(62-52-74)98-68-44-40-36-32-28-24-20-16-12-8-4/h45-64,69-70H,5-44,65-68H2,1-4H3. The molecule has 0 saturated heterocycles. The highest BCUT2D eigenvalue weighted by Crippen LogP contribution is 2.68. The molecular formula is C92H122Br2O4S2. The van der Waals surface area contributed by atoms with E-state index in [1.165, 1.54) is 306 Å². The third-order valence-electron chi connectivity index (χ3n) is 21.7. The summed E-state index contributed by atoms with van der Waals surface area (Å²) in [6, 6.07) is 51.2. The maximum atomic E-state index is 6.63. The van der Waals surface area contributed by atoms with Gasteiger partial charge in [0.15, 0.2) is 0 Å². The van der Waals surface area contributed by atoms with Crippen LogP contribution < -0.4 is 18.9 Å². The molecule has 10 rings (SSSR count). The molecule has 2 aromatic heterocycles. The summed E-state index contributed by atoms with van der Waals surface area (Å²) in [5, 5.41) is 0. The maximum Gasteiger partial charge on any atom is 0.119 e. The molecule has 2 aliphatic carbocycles. The molecule has 6 aromatic carbocycles. The molecule has 0 fully saturated rings. The molecule has 540 valence electrons. The van der Waals surface area contributed by atoms with Crippen LogP contribution in [0.2, 0.25) is 0 Å². The molecule has 0 bridgehead atoms. The molecule has 0 atom stereocenters. The minimum absolute atomic E-state index is 0.655. The number of ether oxygens (including phenoxy) is 4. The molecule has 4 nitrogen and oxygen atoms in total. The molecule has 8 aromatic rings. The highest BCUT2D eigenvalue weighted by atomic mass is 79.9. The van der Waals surface area contributed by atoms with Crippen LogP contribution in [0.15, 0.2) is 142 Å². The molecule has 0 saturated carbocycles. The zero-order chi connectivity index (χ0) is 69.5. The number of halogens is 2. The molecule has 0 spiro atoms. The number of hydrogen-bond donors (Lipinski definition) is 0. The van der Waals surface area contributed by atoms with Crippen LogP contribution in [0.3, 0.4) is 0 Å². The first-order chi connectivity index (χ1) is 49.4. The maximum absolute atomic E-state index is 6.63. The molecule has 0 amide bonds. The average molecular weight is 1520 g/mol. The minimum Gasteiger partial charge on any atom is -0.494 e. The minimum atomic E-state index is -0.668. The molecule has 0 N–H and O–H groups in total. The topological polar surface area (TPSA) is 36.9 Å². The van der Waals surface area contributed by atoms with Crippen molar-refractivity contribution in [3.63, 3.8) is 0 Å². The summed E-state index contributed by atoms with van der Waals surface area (Å²) in [5.41, 5.74) is 11.6. The first-order valence-electron chi connectivity index (χ1n) is 40.5. The van der Waals surface area contributed by atoms with Gasteiger partial charge in [0.05, 0.1) is 46.7 Å². The zero-order valence-electron chi connectivity index (χ0n) is 62.0. The van der Waals surface area contributed by atoms with E-state index in [1.54, 1.807) is 0 Å². The van der Waals surface area contributed by atoms with Crippen LogP contribution in [0, 0.1) is 0 Å². The second-order valence-electron chi connectivity index (χ2n) is 29.4. The second kappa shape index (κ2) is 42.2. The summed E-state index contributed by atoms with van der Waals surface area (Å²) < 4.78 is 31.4. The molecule has 0 unspecified atom stereocenters. The van der Waals surface area contributed by atoms with Crippen LogP contribution >= 0.6 is 54.5 Å². The van der Waals surface area contributed by atoms with Gasteiger partial charge in [-0.25, -0.2) is 0 Å². The summed E-state index contributed by atoms with van der Waals surface area (Å²) in [5.74, 6) is 3.73. The lowest BCUT2D eigenvalue weighted by molar-refractivity contribution is 0.304. The van der Waals surface area contributed by atoms with Gasteiger partial charge in [-0.3, -0.25) is 0 Å². The van der Waals surface area contributed by atoms with Gasteiger partial charge in [-0.2, -0.15) is 0 Å². The van der Waals surface area contributed by atoms with E-state index < -0.39 is 10.8 Å². The third-order valence-corrected chi connectivity index (χ3v) is 25.3. The molecule has 0 radical (unpaired) electrons. The molecule has 2 aliphatic rings. The zero-order valence-corrected chi connectivity index (χ0v) is 66.8. The Hall–Kier alpha value is -4.86. The van der Waals surface area contributed by atoms with E-state index in [0.29, 0.717) is 0 Å². The van der Waals surface area contributed by atoms with Gasteiger partial charge >= 0.3 is 0 Å². The summed E-state index contributed by atoms with van der Waals surface area (Å²) in [6.45, 7) is 12.1. The van der Waals surface area contributed by atoms with Crippen molar-refractivity contribution in [2.45, 2.75) is 295 Å². The van der Waals surface area contributed by atoms with Crippen molar-refractivity contribution in [3.05, 3.63) is 187 Å². The van der Waals surface area contributed by atoms with Crippen LogP contribution in [0.4, 0.5) is 0 Å². The summed E-state index contributed by atoms with van der Waals surface area (Å²) in [6.07, 6.45) is 52.3. The molecule has 8 heteroatoms. The lowest BCUT2D eigenvalue weighted by atomic mass is 9.67. The van der Waals surface area contributed by atoms with Crippen molar-refractivity contribution in [1.29, 1.82) is 0 Å². The summed E-state index contributed by atoms with van der Waals surface area (Å²) in [4.78, 5) is 2.67. The van der Waals surface area contributed by atoms with E-state index in [9.17, 15) is 0 Å². The van der Waals surface area contributed by atoms with E-state index in [2.05, 4.69) is 193 Å². The van der Waals surface area contributed by atoms with Gasteiger partial charge in [-0.05, 0) is 143 Å². The van der Waals surface area contributed by atoms with Gasteiger partial charge < -0.3 is 18.9 Å².